The Kier molecular flexibility index (Phi) is 10.8. The molecule has 3 heterocycles. The Bertz CT molecular complexity index is 3270. The molecule has 0 fully saturated rings. The van der Waals surface area contributed by atoms with Crippen molar-refractivity contribution in [2.45, 2.75) is 228 Å². The second kappa shape index (κ2) is 15.9. The highest BCUT2D eigenvalue weighted by Crippen LogP contribution is 2.59. The van der Waals surface area contributed by atoms with Gasteiger partial charge in [0.1, 0.15) is 5.58 Å². The summed E-state index contributed by atoms with van der Waals surface area (Å²) in [6.07, 6.45) is 24.0. The first-order valence-corrected chi connectivity index (χ1v) is 29.2. The van der Waals surface area contributed by atoms with Crippen LogP contribution in [0.5, 0.6) is 0 Å². The fraction of sp³-hybridized carbons (Fsp3) is 0.543. The van der Waals surface area contributed by atoms with Crippen molar-refractivity contribution in [3.05, 3.63) is 146 Å². The molecule has 12 rings (SSSR count). The van der Waals surface area contributed by atoms with Crippen molar-refractivity contribution in [3.8, 4) is 0 Å². The minimum atomic E-state index is -0.0550. The van der Waals surface area contributed by atoms with E-state index in [0.29, 0.717) is 0 Å². The first-order chi connectivity index (χ1) is 34.4. The molecule has 4 heteroatoms. The highest BCUT2D eigenvalue weighted by atomic mass is 16.3. The Balaban J connectivity index is 1.22. The Labute approximate surface area is 447 Å². The number of fused-ring (bicyclic) bond motifs is 8. The third kappa shape index (κ3) is 7.52. The van der Waals surface area contributed by atoms with E-state index in [9.17, 15) is 0 Å². The van der Waals surface area contributed by atoms with E-state index in [0.717, 1.165) is 36.9 Å². The van der Waals surface area contributed by atoms with Crippen LogP contribution in [0.15, 0.2) is 122 Å². The van der Waals surface area contributed by atoms with Crippen LogP contribution in [-0.4, -0.2) is 18.8 Å². The van der Waals surface area contributed by atoms with Gasteiger partial charge in [0, 0.05) is 22.5 Å². The largest absolute Gasteiger partial charge is 0.468 e. The van der Waals surface area contributed by atoms with Gasteiger partial charge in [0.15, 0.2) is 0 Å². The lowest BCUT2D eigenvalue weighted by Gasteiger charge is -2.54. The zero-order valence-corrected chi connectivity index (χ0v) is 49.1. The lowest BCUT2D eigenvalue weighted by atomic mass is 9.32. The zero-order valence-electron chi connectivity index (χ0n) is 49.1. The molecule has 2 atom stereocenters. The number of hydrogen-bond acceptors (Lipinski definition) is 3. The Hall–Kier alpha value is -4.70. The van der Waals surface area contributed by atoms with E-state index in [-0.39, 0.29) is 62.1 Å². The summed E-state index contributed by atoms with van der Waals surface area (Å²) in [5.74, 6) is 0. The summed E-state index contributed by atoms with van der Waals surface area (Å²) in [5, 5.41) is 1.25. The van der Waals surface area contributed by atoms with Gasteiger partial charge in [0.25, 0.3) is 6.71 Å². The van der Waals surface area contributed by atoms with Gasteiger partial charge in [-0.2, -0.15) is 0 Å². The first kappa shape index (κ1) is 50.1. The fourth-order valence-electron chi connectivity index (χ4n) is 15.6. The minimum Gasteiger partial charge on any atom is -0.468 e. The highest BCUT2D eigenvalue weighted by Gasteiger charge is 2.55. The van der Waals surface area contributed by atoms with Crippen molar-refractivity contribution >= 4 is 45.9 Å². The molecule has 0 spiro atoms. The molecule has 0 N–H and O–H groups in total. The predicted molar refractivity (Wildman–Crippen MR) is 318 cm³/mol. The van der Waals surface area contributed by atoms with Crippen LogP contribution in [0.1, 0.15) is 217 Å². The quantitative estimate of drug-likeness (QED) is 0.191. The summed E-state index contributed by atoms with van der Waals surface area (Å²) in [4.78, 5) is 5.82. The van der Waals surface area contributed by atoms with Crippen molar-refractivity contribution in [2.24, 2.45) is 16.2 Å². The van der Waals surface area contributed by atoms with E-state index < -0.39 is 0 Å². The number of allylic oxidation sites excluding steroid dienone is 6. The third-order valence-corrected chi connectivity index (χ3v) is 21.0. The van der Waals surface area contributed by atoms with Gasteiger partial charge in [0.05, 0.1) is 23.4 Å². The van der Waals surface area contributed by atoms with E-state index in [1.54, 1.807) is 11.1 Å². The van der Waals surface area contributed by atoms with Crippen molar-refractivity contribution < 1.29 is 4.42 Å². The average Bonchev–Trinajstić information content (AvgIpc) is 3.71. The van der Waals surface area contributed by atoms with Crippen LogP contribution in [0.3, 0.4) is 0 Å². The Morgan fingerprint density at radius 2 is 1.22 bits per heavy atom. The average molecular weight is 985 g/mol. The van der Waals surface area contributed by atoms with Gasteiger partial charge in [-0.1, -0.05) is 178 Å². The molecular formula is C70H89BN2O. The molecule has 6 aliphatic carbocycles. The maximum Gasteiger partial charge on any atom is 0.292 e. The minimum absolute atomic E-state index is 0.0218. The standard InChI is InChI=1S/C70H89BN2O/c1-63(2,3)43-24-27-59-47(34-43)61-62(74-59)71-54-39-51-53(70(17,18)33-31-68(51,13)14)41-56(54)73(55-40-52-50(67(11,12)30-32-69(52,15)16)38-46(55)42-22-20-19-21-23-42)58-36-44(64(4,5)6)35-57(60(58)71)72(61)45-25-26-48-49(37-45)66(9,10)29-28-65(48,7)8/h19-20,22,24-27,34,36-39,41,55,57H,21,23,28-33,35,40H2,1-18H3. The molecule has 3 aromatic carbocycles. The summed E-state index contributed by atoms with van der Waals surface area (Å²) in [5.41, 5.74) is 26.2. The molecule has 4 aromatic rings. The van der Waals surface area contributed by atoms with Gasteiger partial charge in [-0.05, 0) is 199 Å². The smallest absolute Gasteiger partial charge is 0.292 e. The van der Waals surface area contributed by atoms with Crippen LogP contribution in [0, 0.1) is 16.2 Å². The lowest BCUT2D eigenvalue weighted by Crippen LogP contribution is -2.63. The number of anilines is 3. The first-order valence-electron chi connectivity index (χ1n) is 29.2. The highest BCUT2D eigenvalue weighted by molar-refractivity contribution is 6.93. The van der Waals surface area contributed by atoms with Crippen LogP contribution in [-0.2, 0) is 27.1 Å². The van der Waals surface area contributed by atoms with Gasteiger partial charge >= 0.3 is 0 Å². The van der Waals surface area contributed by atoms with E-state index in [4.69, 9.17) is 4.42 Å². The molecular weight excluding hydrogens is 896 g/mol. The number of benzene rings is 3. The van der Waals surface area contributed by atoms with Crippen LogP contribution >= 0.6 is 0 Å². The SMILES string of the molecule is CC(C)(C)C1=CC2=C3B(c4cc5c(cc4N2C2CC4=C(C=C2C2=CC=CCC2)C(C)(C)CCC4(C)C)C(C)(C)CCC5(C)C)c2oc4ccc(C(C)(C)C)cc4c2N(c2ccc4c(c2)C(C)(C)CCC4(C)C)C3C1. The van der Waals surface area contributed by atoms with Crippen molar-refractivity contribution in [1.29, 1.82) is 0 Å². The molecule has 388 valence electrons. The normalized spacial score (nSPS) is 25.8. The zero-order chi connectivity index (χ0) is 52.8. The van der Waals surface area contributed by atoms with E-state index in [2.05, 4.69) is 213 Å². The van der Waals surface area contributed by atoms with Gasteiger partial charge in [-0.15, -0.1) is 0 Å². The van der Waals surface area contributed by atoms with Crippen LogP contribution in [0.2, 0.25) is 0 Å². The monoisotopic (exact) mass is 985 g/mol. The molecule has 74 heavy (non-hydrogen) atoms. The second-order valence-corrected chi connectivity index (χ2v) is 30.8. The summed E-state index contributed by atoms with van der Waals surface area (Å²) in [7, 11) is 0. The molecule has 2 aliphatic heterocycles. The molecule has 0 amide bonds. The number of nitrogens with zero attached hydrogens (tertiary/aromatic N) is 2. The molecule has 1 aromatic heterocycles. The van der Waals surface area contributed by atoms with Crippen molar-refractivity contribution in [1.82, 2.24) is 0 Å². The number of rotatable bonds is 3. The van der Waals surface area contributed by atoms with Crippen LogP contribution in [0.4, 0.5) is 17.1 Å². The van der Waals surface area contributed by atoms with Crippen LogP contribution < -0.4 is 20.9 Å². The lowest BCUT2D eigenvalue weighted by molar-refractivity contribution is 0.255. The molecule has 0 saturated heterocycles. The van der Waals surface area contributed by atoms with Crippen molar-refractivity contribution in [2.75, 3.05) is 9.80 Å². The molecule has 0 saturated carbocycles. The fourth-order valence-corrected chi connectivity index (χ4v) is 15.6. The van der Waals surface area contributed by atoms with Gasteiger partial charge in [-0.25, -0.2) is 0 Å². The van der Waals surface area contributed by atoms with Crippen molar-refractivity contribution in [3.63, 3.8) is 0 Å². The van der Waals surface area contributed by atoms with Gasteiger partial charge in [0.2, 0.25) is 0 Å². The Morgan fingerprint density at radius 1 is 0.595 bits per heavy atom. The topological polar surface area (TPSA) is 19.6 Å². The van der Waals surface area contributed by atoms with Gasteiger partial charge < -0.3 is 14.2 Å². The number of hydrogen-bond donors (Lipinski definition) is 0. The van der Waals surface area contributed by atoms with E-state index in [1.807, 2.05) is 0 Å². The molecule has 3 nitrogen and oxygen atoms in total. The van der Waals surface area contributed by atoms with E-state index in [1.165, 1.54) is 122 Å². The van der Waals surface area contributed by atoms with Crippen LogP contribution in [0.25, 0.3) is 11.0 Å². The third-order valence-electron chi connectivity index (χ3n) is 21.0. The summed E-state index contributed by atoms with van der Waals surface area (Å²) in [6, 6.07) is 20.5. The maximum atomic E-state index is 7.69. The molecule has 0 radical (unpaired) electrons. The summed E-state index contributed by atoms with van der Waals surface area (Å²) < 4.78 is 7.69. The number of furan rings is 1. The molecule has 0 bridgehead atoms. The summed E-state index contributed by atoms with van der Waals surface area (Å²) in [6.45, 7) is 44.7. The molecule has 2 unspecified atom stereocenters. The summed E-state index contributed by atoms with van der Waals surface area (Å²) >= 11 is 0. The maximum absolute atomic E-state index is 7.69. The van der Waals surface area contributed by atoms with Gasteiger partial charge in [-0.3, -0.25) is 0 Å². The second-order valence-electron chi connectivity index (χ2n) is 30.8. The Morgan fingerprint density at radius 3 is 1.85 bits per heavy atom. The van der Waals surface area contributed by atoms with E-state index >= 15 is 0 Å². The predicted octanol–water partition coefficient (Wildman–Crippen LogP) is 17.7. The molecule has 8 aliphatic rings.